The molecule has 2 aromatic heterocycles. The molecule has 0 saturated carbocycles. The fourth-order valence-corrected chi connectivity index (χ4v) is 3.31. The summed E-state index contributed by atoms with van der Waals surface area (Å²) in [5.41, 5.74) is -0.173. The van der Waals surface area contributed by atoms with Crippen LogP contribution in [-0.4, -0.2) is 30.5 Å². The maximum absolute atomic E-state index is 13.2. The van der Waals surface area contributed by atoms with Gasteiger partial charge in [0.1, 0.15) is 11.5 Å². The zero-order chi connectivity index (χ0) is 21.4. The molecule has 2 heterocycles. The van der Waals surface area contributed by atoms with Gasteiger partial charge in [0.25, 0.3) is 0 Å². The largest absolute Gasteiger partial charge is 0.416 e. The summed E-state index contributed by atoms with van der Waals surface area (Å²) >= 11 is 3.09. The zero-order valence-corrected chi connectivity index (χ0v) is 17.1. The third kappa shape index (κ3) is 5.20. The van der Waals surface area contributed by atoms with Gasteiger partial charge in [0, 0.05) is 30.6 Å². The first-order chi connectivity index (χ1) is 13.4. The Morgan fingerprint density at radius 2 is 1.83 bits per heavy atom. The van der Waals surface area contributed by atoms with Crippen molar-refractivity contribution in [1.29, 1.82) is 0 Å². The average molecular weight is 478 g/mol. The fourth-order valence-electron chi connectivity index (χ4n) is 2.83. The van der Waals surface area contributed by atoms with Gasteiger partial charge in [0.05, 0.1) is 11.3 Å². The molecular weight excluding hydrogens is 461 g/mol. The minimum absolute atomic E-state index is 0.104. The van der Waals surface area contributed by atoms with Crippen LogP contribution >= 0.6 is 15.9 Å². The normalized spacial score (nSPS) is 12.6. The quantitative estimate of drug-likeness (QED) is 0.445. The summed E-state index contributed by atoms with van der Waals surface area (Å²) in [6.45, 7) is 0.822. The molecule has 0 unspecified atom stereocenters. The van der Waals surface area contributed by atoms with Crippen LogP contribution in [0, 0.1) is 0 Å². The van der Waals surface area contributed by atoms with Crippen molar-refractivity contribution < 1.29 is 22.0 Å². The number of rotatable bonds is 6. The smallest absolute Gasteiger partial charge is 0.265 e. The number of halogens is 6. The van der Waals surface area contributed by atoms with Gasteiger partial charge < -0.3 is 0 Å². The van der Waals surface area contributed by atoms with E-state index in [0.717, 1.165) is 19.1 Å². The second-order valence-electron chi connectivity index (χ2n) is 6.72. The average Bonchev–Trinajstić information content (AvgIpc) is 3.18. The second-order valence-corrected chi connectivity index (χ2v) is 7.64. The molecule has 11 heteroatoms. The van der Waals surface area contributed by atoms with Crippen molar-refractivity contribution in [2.75, 3.05) is 0 Å². The first-order valence-electron chi connectivity index (χ1n) is 8.64. The van der Waals surface area contributed by atoms with Gasteiger partial charge in [0.2, 0.25) is 5.92 Å². The van der Waals surface area contributed by atoms with E-state index in [0.29, 0.717) is 5.69 Å². The SMILES string of the molecule is Cn1nccc1-c1nc(CCCC(C)(F)F)n(-c2cc(Br)cc(C(F)(F)F)c2)n1. The Hall–Kier alpha value is -2.30. The number of benzene rings is 1. The summed E-state index contributed by atoms with van der Waals surface area (Å²) in [6, 6.07) is 5.03. The van der Waals surface area contributed by atoms with Gasteiger partial charge in [-0.05, 0) is 37.6 Å². The Bertz CT molecular complexity index is 1000. The molecule has 156 valence electrons. The molecular formula is C18H17BrF5N5. The predicted octanol–water partition coefficient (Wildman–Crippen LogP) is 5.43. The van der Waals surface area contributed by atoms with Crippen LogP contribution in [0.4, 0.5) is 22.0 Å². The number of aromatic nitrogens is 5. The van der Waals surface area contributed by atoms with Crippen molar-refractivity contribution in [1.82, 2.24) is 24.5 Å². The van der Waals surface area contributed by atoms with Crippen LogP contribution in [-0.2, 0) is 19.6 Å². The summed E-state index contributed by atoms with van der Waals surface area (Å²) in [6.07, 6.45) is -3.15. The third-order valence-electron chi connectivity index (χ3n) is 4.19. The molecule has 0 aliphatic rings. The molecule has 3 aromatic rings. The van der Waals surface area contributed by atoms with E-state index < -0.39 is 17.7 Å². The van der Waals surface area contributed by atoms with Crippen LogP contribution in [0.25, 0.3) is 17.2 Å². The minimum Gasteiger partial charge on any atom is -0.265 e. The van der Waals surface area contributed by atoms with Gasteiger partial charge in [-0.1, -0.05) is 15.9 Å². The van der Waals surface area contributed by atoms with Gasteiger partial charge >= 0.3 is 6.18 Å². The highest BCUT2D eigenvalue weighted by atomic mass is 79.9. The Kier molecular flexibility index (Phi) is 5.79. The topological polar surface area (TPSA) is 48.5 Å². The van der Waals surface area contributed by atoms with Gasteiger partial charge in [0.15, 0.2) is 5.82 Å². The molecule has 29 heavy (non-hydrogen) atoms. The van der Waals surface area contributed by atoms with Crippen molar-refractivity contribution >= 4 is 15.9 Å². The van der Waals surface area contributed by atoms with Crippen LogP contribution in [0.1, 0.15) is 31.2 Å². The van der Waals surface area contributed by atoms with Crippen LogP contribution in [0.3, 0.4) is 0 Å². The summed E-state index contributed by atoms with van der Waals surface area (Å²) in [5.74, 6) is -2.30. The fraction of sp³-hybridized carbons (Fsp3) is 0.389. The van der Waals surface area contributed by atoms with E-state index in [4.69, 9.17) is 0 Å². The molecule has 0 N–H and O–H groups in total. The predicted molar refractivity (Wildman–Crippen MR) is 99.8 cm³/mol. The first-order valence-corrected chi connectivity index (χ1v) is 9.44. The molecule has 0 aliphatic heterocycles. The molecule has 0 bridgehead atoms. The van der Waals surface area contributed by atoms with Gasteiger partial charge in [-0.25, -0.2) is 18.4 Å². The van der Waals surface area contributed by atoms with Gasteiger partial charge in [-0.3, -0.25) is 4.68 Å². The van der Waals surface area contributed by atoms with E-state index in [2.05, 4.69) is 31.1 Å². The summed E-state index contributed by atoms with van der Waals surface area (Å²) in [5, 5.41) is 8.36. The maximum atomic E-state index is 13.2. The number of hydrogen-bond donors (Lipinski definition) is 0. The van der Waals surface area contributed by atoms with Gasteiger partial charge in [-0.15, -0.1) is 5.10 Å². The standard InChI is InChI=1S/C18H17BrF5N5/c1-17(20,21)6-3-4-15-26-16(14-5-7-25-28(14)2)27-29(15)13-9-11(18(22,23)24)8-12(19)10-13/h5,7-10H,3-4,6H2,1-2H3. The van der Waals surface area contributed by atoms with E-state index in [1.807, 2.05) is 0 Å². The second kappa shape index (κ2) is 7.85. The Labute approximate surface area is 171 Å². The van der Waals surface area contributed by atoms with E-state index >= 15 is 0 Å². The summed E-state index contributed by atoms with van der Waals surface area (Å²) in [7, 11) is 1.67. The summed E-state index contributed by atoms with van der Waals surface area (Å²) in [4.78, 5) is 4.38. The Morgan fingerprint density at radius 1 is 1.10 bits per heavy atom. The molecule has 1 aromatic carbocycles. The van der Waals surface area contributed by atoms with Crippen molar-refractivity contribution in [2.45, 2.75) is 38.3 Å². The maximum Gasteiger partial charge on any atom is 0.416 e. The first kappa shape index (κ1) is 21.4. The molecule has 0 radical (unpaired) electrons. The lowest BCUT2D eigenvalue weighted by molar-refractivity contribution is -0.137. The Balaban J connectivity index is 2.05. The van der Waals surface area contributed by atoms with Crippen LogP contribution < -0.4 is 0 Å². The Morgan fingerprint density at radius 3 is 2.41 bits per heavy atom. The molecule has 0 fully saturated rings. The van der Waals surface area contributed by atoms with E-state index in [1.165, 1.54) is 21.6 Å². The minimum atomic E-state index is -4.55. The van der Waals surface area contributed by atoms with Crippen molar-refractivity contribution in [3.8, 4) is 17.2 Å². The van der Waals surface area contributed by atoms with E-state index in [1.54, 1.807) is 13.1 Å². The number of alkyl halides is 5. The monoisotopic (exact) mass is 477 g/mol. The summed E-state index contributed by atoms with van der Waals surface area (Å²) < 4.78 is 69.0. The van der Waals surface area contributed by atoms with Crippen molar-refractivity contribution in [3.05, 3.63) is 46.3 Å². The highest BCUT2D eigenvalue weighted by Crippen LogP contribution is 2.33. The number of hydrogen-bond acceptors (Lipinski definition) is 3. The van der Waals surface area contributed by atoms with Crippen LogP contribution in [0.5, 0.6) is 0 Å². The molecule has 0 atom stereocenters. The lowest BCUT2D eigenvalue weighted by atomic mass is 10.1. The molecule has 3 rings (SSSR count). The lowest BCUT2D eigenvalue weighted by Gasteiger charge is -2.12. The van der Waals surface area contributed by atoms with Crippen molar-refractivity contribution in [2.24, 2.45) is 7.05 Å². The molecule has 0 spiro atoms. The van der Waals surface area contributed by atoms with Crippen LogP contribution in [0.2, 0.25) is 0 Å². The van der Waals surface area contributed by atoms with Gasteiger partial charge in [-0.2, -0.15) is 18.3 Å². The van der Waals surface area contributed by atoms with E-state index in [-0.39, 0.29) is 41.1 Å². The molecule has 0 saturated heterocycles. The molecule has 0 amide bonds. The van der Waals surface area contributed by atoms with Crippen LogP contribution in [0.15, 0.2) is 34.9 Å². The highest BCUT2D eigenvalue weighted by molar-refractivity contribution is 9.10. The number of nitrogens with zero attached hydrogens (tertiary/aromatic N) is 5. The number of aryl methyl sites for hydroxylation is 2. The zero-order valence-electron chi connectivity index (χ0n) is 15.5. The third-order valence-corrected chi connectivity index (χ3v) is 4.65. The van der Waals surface area contributed by atoms with Crippen molar-refractivity contribution in [3.63, 3.8) is 0 Å². The highest BCUT2D eigenvalue weighted by Gasteiger charge is 2.31. The lowest BCUT2D eigenvalue weighted by Crippen LogP contribution is -2.11. The molecule has 0 aliphatic carbocycles. The van der Waals surface area contributed by atoms with E-state index in [9.17, 15) is 22.0 Å². The molecule has 5 nitrogen and oxygen atoms in total.